The Balaban J connectivity index is 1.82. The highest BCUT2D eigenvalue weighted by Crippen LogP contribution is 2.31. The van der Waals surface area contributed by atoms with E-state index in [0.29, 0.717) is 24.4 Å². The average molecular weight is 287 g/mol. The SMILES string of the molecule is CCc1cccnc1C(=O)N1CCC(O)(c2cn[nH]n2)C1. The van der Waals surface area contributed by atoms with Crippen LogP contribution >= 0.6 is 0 Å². The summed E-state index contributed by atoms with van der Waals surface area (Å²) in [5, 5.41) is 20.7. The lowest BCUT2D eigenvalue weighted by Crippen LogP contribution is -2.35. The van der Waals surface area contributed by atoms with Crippen LogP contribution in [0.1, 0.15) is 35.1 Å². The molecular formula is C14H17N5O2. The van der Waals surface area contributed by atoms with Crippen LogP contribution in [0.2, 0.25) is 0 Å². The van der Waals surface area contributed by atoms with Crippen LogP contribution in [-0.2, 0) is 12.0 Å². The molecule has 7 nitrogen and oxygen atoms in total. The first-order valence-electron chi connectivity index (χ1n) is 6.96. The number of carbonyl (C=O) groups excluding carboxylic acids is 1. The maximum absolute atomic E-state index is 12.6. The summed E-state index contributed by atoms with van der Waals surface area (Å²) < 4.78 is 0. The van der Waals surface area contributed by atoms with Crippen molar-refractivity contribution < 1.29 is 9.90 Å². The maximum atomic E-state index is 12.6. The van der Waals surface area contributed by atoms with Crippen molar-refractivity contribution in [2.45, 2.75) is 25.4 Å². The van der Waals surface area contributed by atoms with Crippen LogP contribution in [0.25, 0.3) is 0 Å². The zero-order chi connectivity index (χ0) is 14.9. The number of amides is 1. The molecule has 1 aliphatic heterocycles. The third-order valence-electron chi connectivity index (χ3n) is 3.90. The van der Waals surface area contributed by atoms with Crippen molar-refractivity contribution in [3.63, 3.8) is 0 Å². The predicted molar refractivity (Wildman–Crippen MR) is 74.4 cm³/mol. The minimum absolute atomic E-state index is 0.146. The van der Waals surface area contributed by atoms with Gasteiger partial charge >= 0.3 is 0 Å². The monoisotopic (exact) mass is 287 g/mol. The van der Waals surface area contributed by atoms with Crippen molar-refractivity contribution in [3.05, 3.63) is 41.5 Å². The summed E-state index contributed by atoms with van der Waals surface area (Å²) in [7, 11) is 0. The fourth-order valence-corrected chi connectivity index (χ4v) is 2.67. The van der Waals surface area contributed by atoms with Crippen LogP contribution < -0.4 is 0 Å². The van der Waals surface area contributed by atoms with Crippen molar-refractivity contribution in [1.82, 2.24) is 25.3 Å². The molecule has 3 heterocycles. The molecule has 2 N–H and O–H groups in total. The number of hydrogen-bond donors (Lipinski definition) is 2. The van der Waals surface area contributed by atoms with E-state index in [1.54, 1.807) is 11.1 Å². The second-order valence-electron chi connectivity index (χ2n) is 5.23. The van der Waals surface area contributed by atoms with E-state index in [4.69, 9.17) is 0 Å². The fourth-order valence-electron chi connectivity index (χ4n) is 2.67. The lowest BCUT2D eigenvalue weighted by atomic mass is 10.00. The van der Waals surface area contributed by atoms with E-state index in [1.165, 1.54) is 6.20 Å². The largest absolute Gasteiger partial charge is 0.381 e. The normalized spacial score (nSPS) is 21.7. The van der Waals surface area contributed by atoms with Crippen LogP contribution in [0.15, 0.2) is 24.5 Å². The lowest BCUT2D eigenvalue weighted by Gasteiger charge is -2.21. The molecule has 0 radical (unpaired) electrons. The molecule has 1 fully saturated rings. The fraction of sp³-hybridized carbons (Fsp3) is 0.429. The van der Waals surface area contributed by atoms with Gasteiger partial charge in [-0.15, -0.1) is 0 Å². The molecule has 2 aromatic heterocycles. The molecule has 0 aromatic carbocycles. The van der Waals surface area contributed by atoms with Gasteiger partial charge in [0.05, 0.1) is 12.7 Å². The van der Waals surface area contributed by atoms with Crippen LogP contribution in [-0.4, -0.2) is 49.4 Å². The van der Waals surface area contributed by atoms with Gasteiger partial charge in [0.25, 0.3) is 5.91 Å². The number of rotatable bonds is 3. The number of nitrogens with one attached hydrogen (secondary N) is 1. The number of carbonyl (C=O) groups is 1. The van der Waals surface area contributed by atoms with E-state index in [2.05, 4.69) is 20.4 Å². The number of H-pyrrole nitrogens is 1. The quantitative estimate of drug-likeness (QED) is 0.857. The Hall–Kier alpha value is -2.28. The molecule has 110 valence electrons. The molecular weight excluding hydrogens is 270 g/mol. The summed E-state index contributed by atoms with van der Waals surface area (Å²) >= 11 is 0. The number of β-amino-alcohol motifs (C(OH)–C–C–N with tert-alkyl or cyclic N) is 1. The van der Waals surface area contributed by atoms with Crippen molar-refractivity contribution >= 4 is 5.91 Å². The van der Waals surface area contributed by atoms with E-state index in [1.807, 2.05) is 19.1 Å². The van der Waals surface area contributed by atoms with Gasteiger partial charge < -0.3 is 10.0 Å². The van der Waals surface area contributed by atoms with Gasteiger partial charge in [0.1, 0.15) is 17.0 Å². The van der Waals surface area contributed by atoms with Crippen molar-refractivity contribution in [2.75, 3.05) is 13.1 Å². The van der Waals surface area contributed by atoms with Gasteiger partial charge in [-0.1, -0.05) is 13.0 Å². The van der Waals surface area contributed by atoms with Gasteiger partial charge in [0, 0.05) is 19.2 Å². The third-order valence-corrected chi connectivity index (χ3v) is 3.90. The minimum Gasteiger partial charge on any atom is -0.381 e. The Morgan fingerprint density at radius 1 is 1.57 bits per heavy atom. The molecule has 1 aliphatic rings. The maximum Gasteiger partial charge on any atom is 0.272 e. The standard InChI is InChI=1S/C14H17N5O2/c1-2-10-4-3-6-15-12(10)13(20)19-7-5-14(21,9-19)11-8-16-18-17-11/h3-4,6,8,21H,2,5,7,9H2,1H3,(H,16,17,18). The lowest BCUT2D eigenvalue weighted by molar-refractivity contribution is 0.0380. The Morgan fingerprint density at radius 3 is 3.14 bits per heavy atom. The Morgan fingerprint density at radius 2 is 2.43 bits per heavy atom. The summed E-state index contributed by atoms with van der Waals surface area (Å²) in [6.45, 7) is 2.67. The molecule has 7 heteroatoms. The number of hydrogen-bond acceptors (Lipinski definition) is 5. The summed E-state index contributed by atoms with van der Waals surface area (Å²) in [6, 6.07) is 3.73. The first kappa shape index (κ1) is 13.7. The van der Waals surface area contributed by atoms with E-state index in [0.717, 1.165) is 12.0 Å². The van der Waals surface area contributed by atoms with Gasteiger partial charge in [-0.2, -0.15) is 15.4 Å². The van der Waals surface area contributed by atoms with E-state index < -0.39 is 5.60 Å². The van der Waals surface area contributed by atoms with E-state index >= 15 is 0 Å². The number of nitrogens with zero attached hydrogens (tertiary/aromatic N) is 4. The Bertz CT molecular complexity index is 643. The van der Waals surface area contributed by atoms with Gasteiger partial charge in [-0.05, 0) is 18.1 Å². The topological polar surface area (TPSA) is 95.0 Å². The van der Waals surface area contributed by atoms with Gasteiger partial charge in [0.15, 0.2) is 0 Å². The molecule has 0 saturated carbocycles. The van der Waals surface area contributed by atoms with Crippen LogP contribution in [0.4, 0.5) is 0 Å². The first-order chi connectivity index (χ1) is 10.1. The van der Waals surface area contributed by atoms with Crippen LogP contribution in [0.3, 0.4) is 0 Å². The third kappa shape index (κ3) is 2.40. The average Bonchev–Trinajstić information content (AvgIpc) is 3.17. The zero-order valence-corrected chi connectivity index (χ0v) is 11.8. The van der Waals surface area contributed by atoms with E-state index in [-0.39, 0.29) is 12.5 Å². The van der Waals surface area contributed by atoms with Crippen LogP contribution in [0.5, 0.6) is 0 Å². The number of aromatic nitrogens is 4. The highest BCUT2D eigenvalue weighted by Gasteiger charge is 2.42. The minimum atomic E-state index is -1.14. The Kier molecular flexibility index (Phi) is 3.42. The molecule has 1 saturated heterocycles. The Labute approximate surface area is 122 Å². The number of aryl methyl sites for hydroxylation is 1. The van der Waals surface area contributed by atoms with Gasteiger partial charge in [-0.25, -0.2) is 0 Å². The summed E-state index contributed by atoms with van der Waals surface area (Å²) in [5.41, 5.74) is 0.711. The summed E-state index contributed by atoms with van der Waals surface area (Å²) in [4.78, 5) is 18.4. The molecule has 3 rings (SSSR count). The zero-order valence-electron chi connectivity index (χ0n) is 11.8. The molecule has 0 bridgehead atoms. The molecule has 1 unspecified atom stereocenters. The highest BCUT2D eigenvalue weighted by molar-refractivity contribution is 5.94. The van der Waals surface area contributed by atoms with Crippen molar-refractivity contribution in [1.29, 1.82) is 0 Å². The molecule has 21 heavy (non-hydrogen) atoms. The molecule has 0 aliphatic carbocycles. The second-order valence-corrected chi connectivity index (χ2v) is 5.23. The van der Waals surface area contributed by atoms with Crippen molar-refractivity contribution in [3.8, 4) is 0 Å². The number of likely N-dealkylation sites (tertiary alicyclic amines) is 1. The smallest absolute Gasteiger partial charge is 0.272 e. The first-order valence-corrected chi connectivity index (χ1v) is 6.96. The number of aliphatic hydroxyl groups is 1. The second kappa shape index (κ2) is 5.25. The summed E-state index contributed by atoms with van der Waals surface area (Å²) in [6.07, 6.45) is 4.30. The molecule has 1 amide bonds. The van der Waals surface area contributed by atoms with Gasteiger partial charge in [-0.3, -0.25) is 9.78 Å². The molecule has 0 spiro atoms. The van der Waals surface area contributed by atoms with Crippen molar-refractivity contribution in [2.24, 2.45) is 0 Å². The number of pyridine rings is 1. The van der Waals surface area contributed by atoms with Crippen LogP contribution in [0, 0.1) is 0 Å². The van der Waals surface area contributed by atoms with Gasteiger partial charge in [0.2, 0.25) is 0 Å². The molecule has 2 aromatic rings. The number of aromatic amines is 1. The molecule has 1 atom stereocenters. The predicted octanol–water partition coefficient (Wildman–Crippen LogP) is 0.496. The van der Waals surface area contributed by atoms with E-state index in [9.17, 15) is 9.90 Å². The highest BCUT2D eigenvalue weighted by atomic mass is 16.3. The summed E-state index contributed by atoms with van der Waals surface area (Å²) in [5.74, 6) is -0.146.